The average molecular weight is 297 g/mol. The maximum atomic E-state index is 11.9. The molecule has 0 fully saturated rings. The zero-order chi connectivity index (χ0) is 15.7. The minimum absolute atomic E-state index is 0.135. The predicted octanol–water partition coefficient (Wildman–Crippen LogP) is 3.55. The second-order valence-corrected chi connectivity index (χ2v) is 5.63. The molecule has 4 heteroatoms. The number of hydrogen-bond acceptors (Lipinski definition) is 4. The molecule has 0 radical (unpaired) electrons. The van der Waals surface area contributed by atoms with E-state index in [1.54, 1.807) is 6.07 Å². The van der Waals surface area contributed by atoms with E-state index in [1.807, 2.05) is 39.0 Å². The Morgan fingerprint density at radius 1 is 1.18 bits per heavy atom. The SMILES string of the molecule is Cc1cc(COc2ccc3c(c2C)OCCC3=O)cc(C)n1. The van der Waals surface area contributed by atoms with Crippen LogP contribution in [-0.2, 0) is 6.61 Å². The van der Waals surface area contributed by atoms with Crippen LogP contribution in [0.2, 0.25) is 0 Å². The van der Waals surface area contributed by atoms with Crippen LogP contribution < -0.4 is 9.47 Å². The minimum atomic E-state index is 0.135. The van der Waals surface area contributed by atoms with Gasteiger partial charge in [0.25, 0.3) is 0 Å². The Balaban J connectivity index is 1.82. The summed E-state index contributed by atoms with van der Waals surface area (Å²) in [4.78, 5) is 16.2. The largest absolute Gasteiger partial charge is 0.492 e. The van der Waals surface area contributed by atoms with Gasteiger partial charge < -0.3 is 9.47 Å². The third kappa shape index (κ3) is 2.82. The van der Waals surface area contributed by atoms with Crippen LogP contribution in [0.25, 0.3) is 0 Å². The summed E-state index contributed by atoms with van der Waals surface area (Å²) in [7, 11) is 0. The van der Waals surface area contributed by atoms with Crippen LogP contribution in [0.1, 0.15) is 39.3 Å². The third-order valence-electron chi connectivity index (χ3n) is 3.77. The van der Waals surface area contributed by atoms with Gasteiger partial charge in [-0.3, -0.25) is 9.78 Å². The number of ketones is 1. The van der Waals surface area contributed by atoms with Crippen LogP contribution in [-0.4, -0.2) is 17.4 Å². The zero-order valence-corrected chi connectivity index (χ0v) is 13.1. The van der Waals surface area contributed by atoms with Crippen LogP contribution in [0.5, 0.6) is 11.5 Å². The number of carbonyl (C=O) groups is 1. The van der Waals surface area contributed by atoms with Gasteiger partial charge in [-0.2, -0.15) is 0 Å². The number of fused-ring (bicyclic) bond motifs is 1. The van der Waals surface area contributed by atoms with Crippen molar-refractivity contribution < 1.29 is 14.3 Å². The molecule has 0 aliphatic carbocycles. The van der Waals surface area contributed by atoms with Crippen molar-refractivity contribution in [3.8, 4) is 11.5 Å². The molecule has 0 N–H and O–H groups in total. The van der Waals surface area contributed by atoms with Crippen LogP contribution in [0.3, 0.4) is 0 Å². The third-order valence-corrected chi connectivity index (χ3v) is 3.77. The summed E-state index contributed by atoms with van der Waals surface area (Å²) in [6.45, 7) is 6.78. The average Bonchev–Trinajstić information content (AvgIpc) is 2.46. The molecule has 0 atom stereocenters. The normalized spacial score (nSPS) is 13.5. The van der Waals surface area contributed by atoms with E-state index < -0.39 is 0 Å². The van der Waals surface area contributed by atoms with Crippen molar-refractivity contribution in [1.82, 2.24) is 4.98 Å². The fourth-order valence-electron chi connectivity index (χ4n) is 2.78. The molecule has 114 valence electrons. The zero-order valence-electron chi connectivity index (χ0n) is 13.1. The van der Waals surface area contributed by atoms with Crippen molar-refractivity contribution in [2.24, 2.45) is 0 Å². The molecule has 4 nitrogen and oxygen atoms in total. The molecule has 1 aromatic carbocycles. The van der Waals surface area contributed by atoms with E-state index in [-0.39, 0.29) is 5.78 Å². The van der Waals surface area contributed by atoms with Crippen LogP contribution in [0, 0.1) is 20.8 Å². The van der Waals surface area contributed by atoms with Crippen molar-refractivity contribution in [1.29, 1.82) is 0 Å². The minimum Gasteiger partial charge on any atom is -0.492 e. The van der Waals surface area contributed by atoms with E-state index >= 15 is 0 Å². The van der Waals surface area contributed by atoms with E-state index in [9.17, 15) is 4.79 Å². The highest BCUT2D eigenvalue weighted by molar-refractivity contribution is 6.00. The molecular weight excluding hydrogens is 278 g/mol. The number of Topliss-reactive ketones (excluding diaryl/α,β-unsaturated/α-hetero) is 1. The van der Waals surface area contributed by atoms with Gasteiger partial charge in [0.15, 0.2) is 5.78 Å². The molecule has 0 unspecified atom stereocenters. The molecule has 1 aliphatic rings. The van der Waals surface area contributed by atoms with Gasteiger partial charge in [-0.15, -0.1) is 0 Å². The summed E-state index contributed by atoms with van der Waals surface area (Å²) >= 11 is 0. The maximum Gasteiger partial charge on any atom is 0.170 e. The maximum absolute atomic E-state index is 11.9. The van der Waals surface area contributed by atoms with E-state index in [2.05, 4.69) is 4.98 Å². The molecule has 0 bridgehead atoms. The van der Waals surface area contributed by atoms with Gasteiger partial charge in [-0.05, 0) is 50.6 Å². The van der Waals surface area contributed by atoms with E-state index in [0.29, 0.717) is 30.9 Å². The summed E-state index contributed by atoms with van der Waals surface area (Å²) in [5.74, 6) is 1.55. The van der Waals surface area contributed by atoms with Crippen molar-refractivity contribution in [3.05, 3.63) is 52.3 Å². The Kier molecular flexibility index (Phi) is 3.84. The van der Waals surface area contributed by atoms with Gasteiger partial charge in [0, 0.05) is 23.4 Å². The van der Waals surface area contributed by atoms with Gasteiger partial charge in [0.2, 0.25) is 0 Å². The van der Waals surface area contributed by atoms with Gasteiger partial charge >= 0.3 is 0 Å². The molecule has 0 amide bonds. The molecular formula is C18H19NO3. The lowest BCUT2D eigenvalue weighted by atomic mass is 10.0. The number of hydrogen-bond donors (Lipinski definition) is 0. The second-order valence-electron chi connectivity index (χ2n) is 5.63. The smallest absolute Gasteiger partial charge is 0.170 e. The lowest BCUT2D eigenvalue weighted by molar-refractivity contribution is 0.0932. The van der Waals surface area contributed by atoms with Crippen LogP contribution in [0.4, 0.5) is 0 Å². The molecule has 1 aromatic heterocycles. The summed E-state index contributed by atoms with van der Waals surface area (Å²) < 4.78 is 11.6. The van der Waals surface area contributed by atoms with Gasteiger partial charge in [0.05, 0.1) is 12.2 Å². The van der Waals surface area contributed by atoms with E-state index in [0.717, 1.165) is 28.3 Å². The van der Waals surface area contributed by atoms with Crippen LogP contribution >= 0.6 is 0 Å². The summed E-state index contributed by atoms with van der Waals surface area (Å²) in [5.41, 5.74) is 4.59. The number of aromatic nitrogens is 1. The molecule has 0 spiro atoms. The van der Waals surface area contributed by atoms with Crippen molar-refractivity contribution in [3.63, 3.8) is 0 Å². The van der Waals surface area contributed by atoms with Crippen molar-refractivity contribution in [2.45, 2.75) is 33.8 Å². The molecule has 0 saturated heterocycles. The van der Waals surface area contributed by atoms with E-state index in [1.165, 1.54) is 0 Å². The number of nitrogens with zero attached hydrogens (tertiary/aromatic N) is 1. The summed E-state index contributed by atoms with van der Waals surface area (Å²) in [6.07, 6.45) is 0.447. The lowest BCUT2D eigenvalue weighted by Gasteiger charge is -2.20. The highest BCUT2D eigenvalue weighted by Crippen LogP contribution is 2.35. The number of rotatable bonds is 3. The Hall–Kier alpha value is -2.36. The number of aryl methyl sites for hydroxylation is 2. The molecule has 22 heavy (non-hydrogen) atoms. The van der Waals surface area contributed by atoms with Gasteiger partial charge in [-0.1, -0.05) is 0 Å². The molecule has 2 heterocycles. The van der Waals surface area contributed by atoms with Crippen molar-refractivity contribution >= 4 is 5.78 Å². The fourth-order valence-corrected chi connectivity index (χ4v) is 2.78. The monoisotopic (exact) mass is 297 g/mol. The number of pyridine rings is 1. The highest BCUT2D eigenvalue weighted by Gasteiger charge is 2.22. The van der Waals surface area contributed by atoms with E-state index in [4.69, 9.17) is 9.47 Å². The fraction of sp³-hybridized carbons (Fsp3) is 0.333. The molecule has 1 aliphatic heterocycles. The molecule has 2 aromatic rings. The molecule has 0 saturated carbocycles. The standard InChI is InChI=1S/C18H19NO3/c1-11-8-14(9-12(2)19-11)10-22-17-5-4-15-16(20)6-7-21-18(15)13(17)3/h4-5,8-9H,6-7,10H2,1-3H3. The highest BCUT2D eigenvalue weighted by atomic mass is 16.5. The quantitative estimate of drug-likeness (QED) is 0.869. The van der Waals surface area contributed by atoms with Gasteiger partial charge in [0.1, 0.15) is 18.1 Å². The first-order valence-corrected chi connectivity index (χ1v) is 7.41. The van der Waals surface area contributed by atoms with Crippen LogP contribution in [0.15, 0.2) is 24.3 Å². The summed E-state index contributed by atoms with van der Waals surface area (Å²) in [5, 5.41) is 0. The Morgan fingerprint density at radius 2 is 1.91 bits per heavy atom. The Labute approximate surface area is 130 Å². The van der Waals surface area contributed by atoms with Crippen molar-refractivity contribution in [2.75, 3.05) is 6.61 Å². The Bertz CT molecular complexity index is 717. The number of ether oxygens (including phenoxy) is 2. The molecule has 3 rings (SSSR count). The number of carbonyl (C=O) groups excluding carboxylic acids is 1. The summed E-state index contributed by atoms with van der Waals surface area (Å²) in [6, 6.07) is 7.67. The first-order valence-electron chi connectivity index (χ1n) is 7.41. The van der Waals surface area contributed by atoms with Gasteiger partial charge in [-0.25, -0.2) is 0 Å². The second kappa shape index (κ2) is 5.79. The first kappa shape index (κ1) is 14.6. The first-order chi connectivity index (χ1) is 10.5. The number of benzene rings is 1. The lowest BCUT2D eigenvalue weighted by Crippen LogP contribution is -2.16. The predicted molar refractivity (Wildman–Crippen MR) is 83.7 cm³/mol. The topological polar surface area (TPSA) is 48.4 Å². The Morgan fingerprint density at radius 3 is 2.64 bits per heavy atom.